The Balaban J connectivity index is 1.89. The van der Waals surface area contributed by atoms with E-state index >= 15 is 0 Å². The molecule has 2 rings (SSSR count). The van der Waals surface area contributed by atoms with Crippen LogP contribution in [0.25, 0.3) is 10.9 Å². The van der Waals surface area contributed by atoms with E-state index in [-0.39, 0.29) is 5.91 Å². The molecule has 1 N–H and O–H groups in total. The molecule has 0 aliphatic carbocycles. The normalized spacial score (nSPS) is 11.0. The van der Waals surface area contributed by atoms with Crippen molar-refractivity contribution in [2.45, 2.75) is 26.2 Å². The van der Waals surface area contributed by atoms with Crippen LogP contribution in [-0.4, -0.2) is 35.9 Å². The average Bonchev–Trinajstić information content (AvgIpc) is 2.47. The minimum Gasteiger partial charge on any atom is -0.324 e. The van der Waals surface area contributed by atoms with Gasteiger partial charge in [0.2, 0.25) is 5.91 Å². The molecule has 1 amide bonds. The summed E-state index contributed by atoms with van der Waals surface area (Å²) >= 11 is 0. The van der Waals surface area contributed by atoms with Gasteiger partial charge in [-0.2, -0.15) is 0 Å². The monoisotopic (exact) mass is 285 g/mol. The van der Waals surface area contributed by atoms with Crippen LogP contribution in [0.4, 0.5) is 5.69 Å². The van der Waals surface area contributed by atoms with Crippen LogP contribution in [0.5, 0.6) is 0 Å². The second kappa shape index (κ2) is 7.74. The van der Waals surface area contributed by atoms with Crippen molar-refractivity contribution in [2.75, 3.05) is 25.5 Å². The zero-order valence-electron chi connectivity index (χ0n) is 12.8. The lowest BCUT2D eigenvalue weighted by Crippen LogP contribution is -2.30. The van der Waals surface area contributed by atoms with Gasteiger partial charge in [0.1, 0.15) is 0 Å². The summed E-state index contributed by atoms with van der Waals surface area (Å²) in [6, 6.07) is 9.84. The van der Waals surface area contributed by atoms with Gasteiger partial charge < -0.3 is 5.32 Å². The minimum absolute atomic E-state index is 0.00563. The van der Waals surface area contributed by atoms with Crippen molar-refractivity contribution in [3.05, 3.63) is 36.5 Å². The van der Waals surface area contributed by atoms with Gasteiger partial charge in [-0.15, -0.1) is 0 Å². The standard InChI is InChI=1S/C17H23N3O/c1-3-4-7-10-20(2)13-17(21)19-15-11-14-8-5-6-9-16(14)18-12-15/h5-6,8-9,11-12H,3-4,7,10,13H2,1-2H3,(H,19,21). The molecule has 2 aromatic rings. The number of fused-ring (bicyclic) bond motifs is 1. The van der Waals surface area contributed by atoms with Crippen molar-refractivity contribution >= 4 is 22.5 Å². The Morgan fingerprint density at radius 3 is 2.90 bits per heavy atom. The van der Waals surface area contributed by atoms with E-state index in [0.29, 0.717) is 6.54 Å². The molecule has 112 valence electrons. The first-order chi connectivity index (χ1) is 10.2. The summed E-state index contributed by atoms with van der Waals surface area (Å²) in [6.45, 7) is 3.55. The first-order valence-electron chi connectivity index (χ1n) is 7.52. The smallest absolute Gasteiger partial charge is 0.238 e. The van der Waals surface area contributed by atoms with Crippen LogP contribution in [-0.2, 0) is 4.79 Å². The maximum atomic E-state index is 12.0. The third-order valence-corrected chi connectivity index (χ3v) is 3.43. The van der Waals surface area contributed by atoms with Crippen molar-refractivity contribution in [2.24, 2.45) is 0 Å². The molecule has 0 saturated carbocycles. The van der Waals surface area contributed by atoms with E-state index in [9.17, 15) is 4.79 Å². The van der Waals surface area contributed by atoms with Crippen LogP contribution in [0, 0.1) is 0 Å². The third kappa shape index (κ3) is 4.83. The molecule has 0 fully saturated rings. The topological polar surface area (TPSA) is 45.2 Å². The molecule has 1 aromatic carbocycles. The number of carbonyl (C=O) groups excluding carboxylic acids is 1. The molecule has 1 heterocycles. The predicted molar refractivity (Wildman–Crippen MR) is 87.4 cm³/mol. The van der Waals surface area contributed by atoms with Gasteiger partial charge in [0.25, 0.3) is 0 Å². The number of nitrogens with one attached hydrogen (secondary N) is 1. The highest BCUT2D eigenvalue weighted by Crippen LogP contribution is 2.15. The maximum absolute atomic E-state index is 12.0. The summed E-state index contributed by atoms with van der Waals surface area (Å²) < 4.78 is 0. The molecule has 21 heavy (non-hydrogen) atoms. The van der Waals surface area contributed by atoms with Gasteiger partial charge >= 0.3 is 0 Å². The molecular weight excluding hydrogens is 262 g/mol. The van der Waals surface area contributed by atoms with Crippen LogP contribution in [0.15, 0.2) is 36.5 Å². The zero-order valence-corrected chi connectivity index (χ0v) is 12.8. The third-order valence-electron chi connectivity index (χ3n) is 3.43. The molecule has 0 aliphatic heterocycles. The Morgan fingerprint density at radius 1 is 1.29 bits per heavy atom. The minimum atomic E-state index is 0.00563. The molecule has 0 aliphatic rings. The van der Waals surface area contributed by atoms with E-state index in [0.717, 1.165) is 29.6 Å². The SMILES string of the molecule is CCCCCN(C)CC(=O)Nc1cnc2ccccc2c1. The van der Waals surface area contributed by atoms with Gasteiger partial charge in [0.05, 0.1) is 23.9 Å². The van der Waals surface area contributed by atoms with Crippen LogP contribution in [0.1, 0.15) is 26.2 Å². The molecule has 0 radical (unpaired) electrons. The number of unbranched alkanes of at least 4 members (excludes halogenated alkanes) is 2. The number of hydrogen-bond acceptors (Lipinski definition) is 3. The van der Waals surface area contributed by atoms with Crippen molar-refractivity contribution < 1.29 is 4.79 Å². The molecule has 0 unspecified atom stereocenters. The van der Waals surface area contributed by atoms with E-state index in [4.69, 9.17) is 0 Å². The van der Waals surface area contributed by atoms with Crippen LogP contribution in [0.2, 0.25) is 0 Å². The molecule has 0 spiro atoms. The number of rotatable bonds is 7. The van der Waals surface area contributed by atoms with Crippen LogP contribution in [0.3, 0.4) is 0 Å². The summed E-state index contributed by atoms with van der Waals surface area (Å²) in [5.41, 5.74) is 1.69. The highest BCUT2D eigenvalue weighted by Gasteiger charge is 2.07. The number of hydrogen-bond donors (Lipinski definition) is 1. The maximum Gasteiger partial charge on any atom is 0.238 e. The molecule has 1 aromatic heterocycles. The molecular formula is C17H23N3O. The van der Waals surface area contributed by atoms with Crippen LogP contribution < -0.4 is 5.32 Å². The molecule has 0 bridgehead atoms. The van der Waals surface area contributed by atoms with Gasteiger partial charge in [-0.3, -0.25) is 14.7 Å². The number of anilines is 1. The fourth-order valence-electron chi connectivity index (χ4n) is 2.30. The summed E-state index contributed by atoms with van der Waals surface area (Å²) in [7, 11) is 1.98. The van der Waals surface area contributed by atoms with Gasteiger partial charge in [0, 0.05) is 5.39 Å². The number of benzene rings is 1. The lowest BCUT2D eigenvalue weighted by molar-refractivity contribution is -0.117. The van der Waals surface area contributed by atoms with E-state index in [2.05, 4.69) is 22.1 Å². The fraction of sp³-hybridized carbons (Fsp3) is 0.412. The number of likely N-dealkylation sites (N-methyl/N-ethyl adjacent to an activating group) is 1. The number of amides is 1. The Morgan fingerprint density at radius 2 is 2.10 bits per heavy atom. The Bertz CT molecular complexity index is 597. The van der Waals surface area contributed by atoms with Crippen LogP contribution >= 0.6 is 0 Å². The van der Waals surface area contributed by atoms with E-state index in [1.165, 1.54) is 12.8 Å². The van der Waals surface area contributed by atoms with Gasteiger partial charge in [-0.05, 0) is 32.1 Å². The van der Waals surface area contributed by atoms with Crippen molar-refractivity contribution in [3.63, 3.8) is 0 Å². The van der Waals surface area contributed by atoms with E-state index in [1.54, 1.807) is 6.20 Å². The second-order valence-corrected chi connectivity index (χ2v) is 5.41. The number of nitrogens with zero attached hydrogens (tertiary/aromatic N) is 2. The predicted octanol–water partition coefficient (Wildman–Crippen LogP) is 3.30. The largest absolute Gasteiger partial charge is 0.324 e. The highest BCUT2D eigenvalue weighted by atomic mass is 16.2. The van der Waals surface area contributed by atoms with Crippen molar-refractivity contribution in [1.82, 2.24) is 9.88 Å². The molecule has 0 saturated heterocycles. The van der Waals surface area contributed by atoms with Crippen molar-refractivity contribution in [1.29, 1.82) is 0 Å². The summed E-state index contributed by atoms with van der Waals surface area (Å²) in [4.78, 5) is 18.4. The second-order valence-electron chi connectivity index (χ2n) is 5.41. The summed E-state index contributed by atoms with van der Waals surface area (Å²) in [5, 5.41) is 3.95. The van der Waals surface area contributed by atoms with E-state index < -0.39 is 0 Å². The fourth-order valence-corrected chi connectivity index (χ4v) is 2.30. The Kier molecular flexibility index (Phi) is 5.69. The number of pyridine rings is 1. The van der Waals surface area contributed by atoms with Gasteiger partial charge in [-0.1, -0.05) is 38.0 Å². The van der Waals surface area contributed by atoms with Gasteiger partial charge in [0.15, 0.2) is 0 Å². The first-order valence-corrected chi connectivity index (χ1v) is 7.52. The number of aromatic nitrogens is 1. The Labute approximate surface area is 126 Å². The zero-order chi connectivity index (χ0) is 15.1. The lowest BCUT2D eigenvalue weighted by Gasteiger charge is -2.16. The lowest BCUT2D eigenvalue weighted by atomic mass is 10.2. The quantitative estimate of drug-likeness (QED) is 0.794. The summed E-state index contributed by atoms with van der Waals surface area (Å²) in [5.74, 6) is 0.00563. The number of para-hydroxylation sites is 1. The summed E-state index contributed by atoms with van der Waals surface area (Å²) in [6.07, 6.45) is 5.25. The highest BCUT2D eigenvalue weighted by molar-refractivity contribution is 5.94. The molecule has 4 nitrogen and oxygen atoms in total. The van der Waals surface area contributed by atoms with Gasteiger partial charge in [-0.25, -0.2) is 0 Å². The Hall–Kier alpha value is -1.94. The average molecular weight is 285 g/mol. The van der Waals surface area contributed by atoms with E-state index in [1.807, 2.05) is 37.4 Å². The van der Waals surface area contributed by atoms with Crippen molar-refractivity contribution in [3.8, 4) is 0 Å². The number of carbonyl (C=O) groups is 1. The first kappa shape index (κ1) is 15.4. The molecule has 0 atom stereocenters. The molecule has 4 heteroatoms.